The number of allylic oxidation sites excluding steroid dienone is 2. The third kappa shape index (κ3) is 3.41. The Hall–Kier alpha value is -1.67. The Labute approximate surface area is 115 Å². The Bertz CT molecular complexity index is 541. The van der Waals surface area contributed by atoms with Crippen molar-refractivity contribution in [3.05, 3.63) is 76.3 Å². The van der Waals surface area contributed by atoms with Crippen molar-refractivity contribution in [1.29, 1.82) is 0 Å². The largest absolute Gasteiger partial charge is 0.298 e. The van der Waals surface area contributed by atoms with E-state index in [1.165, 1.54) is 5.56 Å². The molecule has 18 heavy (non-hydrogen) atoms. The van der Waals surface area contributed by atoms with Crippen molar-refractivity contribution in [2.75, 3.05) is 0 Å². The van der Waals surface area contributed by atoms with Crippen molar-refractivity contribution in [3.63, 3.8) is 0 Å². The van der Waals surface area contributed by atoms with E-state index in [9.17, 15) is 4.79 Å². The standard InChI is InChI=1S/C16H13BrO/c17-16-10-7-13(8-11-16)6-9-15(12-18)14-4-2-1-3-5-14/h1-5,7-12H,6H2/b15-9-. The zero-order valence-corrected chi connectivity index (χ0v) is 11.4. The maximum Gasteiger partial charge on any atom is 0.150 e. The lowest BCUT2D eigenvalue weighted by Crippen LogP contribution is -1.88. The van der Waals surface area contributed by atoms with Gasteiger partial charge in [0.2, 0.25) is 0 Å². The number of halogens is 1. The summed E-state index contributed by atoms with van der Waals surface area (Å²) >= 11 is 3.40. The summed E-state index contributed by atoms with van der Waals surface area (Å²) in [6, 6.07) is 17.8. The van der Waals surface area contributed by atoms with Gasteiger partial charge in [0.05, 0.1) is 0 Å². The molecule has 2 aromatic carbocycles. The van der Waals surface area contributed by atoms with Gasteiger partial charge in [0, 0.05) is 10.0 Å². The van der Waals surface area contributed by atoms with E-state index in [1.807, 2.05) is 60.7 Å². The summed E-state index contributed by atoms with van der Waals surface area (Å²) < 4.78 is 1.06. The van der Waals surface area contributed by atoms with Gasteiger partial charge >= 0.3 is 0 Å². The van der Waals surface area contributed by atoms with Crippen LogP contribution in [0.2, 0.25) is 0 Å². The van der Waals surface area contributed by atoms with Gasteiger partial charge in [-0.05, 0) is 29.7 Å². The Morgan fingerprint density at radius 2 is 1.67 bits per heavy atom. The maximum atomic E-state index is 11.1. The first kappa shape index (κ1) is 12.8. The van der Waals surface area contributed by atoms with E-state index in [4.69, 9.17) is 0 Å². The molecule has 2 aromatic rings. The normalized spacial score (nSPS) is 11.3. The van der Waals surface area contributed by atoms with Crippen LogP contribution in [0.5, 0.6) is 0 Å². The zero-order chi connectivity index (χ0) is 12.8. The summed E-state index contributed by atoms with van der Waals surface area (Å²) in [6.45, 7) is 0. The van der Waals surface area contributed by atoms with Crippen molar-refractivity contribution in [2.24, 2.45) is 0 Å². The Morgan fingerprint density at radius 3 is 2.28 bits per heavy atom. The molecule has 0 aliphatic heterocycles. The highest BCUT2D eigenvalue weighted by molar-refractivity contribution is 9.10. The van der Waals surface area contributed by atoms with Gasteiger partial charge in [0.25, 0.3) is 0 Å². The molecule has 0 spiro atoms. The van der Waals surface area contributed by atoms with Gasteiger partial charge in [0.1, 0.15) is 6.29 Å². The predicted octanol–water partition coefficient (Wildman–Crippen LogP) is 4.27. The van der Waals surface area contributed by atoms with E-state index in [0.29, 0.717) is 0 Å². The molecule has 90 valence electrons. The topological polar surface area (TPSA) is 17.1 Å². The van der Waals surface area contributed by atoms with Gasteiger partial charge in [-0.25, -0.2) is 0 Å². The molecule has 0 heterocycles. The molecule has 0 bridgehead atoms. The summed E-state index contributed by atoms with van der Waals surface area (Å²) in [5, 5.41) is 0. The minimum Gasteiger partial charge on any atom is -0.298 e. The SMILES string of the molecule is O=C/C(=C/Cc1ccc(Br)cc1)c1ccccc1. The minimum absolute atomic E-state index is 0.735. The second-order valence-corrected chi connectivity index (χ2v) is 4.89. The molecule has 0 saturated heterocycles. The van der Waals surface area contributed by atoms with Crippen LogP contribution in [0.15, 0.2) is 65.1 Å². The van der Waals surface area contributed by atoms with Gasteiger partial charge in [-0.2, -0.15) is 0 Å². The molecule has 0 amide bonds. The van der Waals surface area contributed by atoms with Gasteiger partial charge in [-0.1, -0.05) is 64.5 Å². The Balaban J connectivity index is 2.16. The molecule has 0 saturated carbocycles. The quantitative estimate of drug-likeness (QED) is 0.608. The average molecular weight is 301 g/mol. The fourth-order valence-corrected chi connectivity index (χ4v) is 1.98. The molecular formula is C16H13BrO. The smallest absolute Gasteiger partial charge is 0.150 e. The summed E-state index contributed by atoms with van der Waals surface area (Å²) in [5.74, 6) is 0. The summed E-state index contributed by atoms with van der Waals surface area (Å²) in [6.07, 6.45) is 3.63. The highest BCUT2D eigenvalue weighted by atomic mass is 79.9. The van der Waals surface area contributed by atoms with E-state index in [-0.39, 0.29) is 0 Å². The molecule has 1 nitrogen and oxygen atoms in total. The first-order chi connectivity index (χ1) is 8.79. The van der Waals surface area contributed by atoms with E-state index < -0.39 is 0 Å². The lowest BCUT2D eigenvalue weighted by molar-refractivity contribution is -0.103. The van der Waals surface area contributed by atoms with E-state index in [1.54, 1.807) is 0 Å². The van der Waals surface area contributed by atoms with Crippen LogP contribution < -0.4 is 0 Å². The van der Waals surface area contributed by atoms with E-state index >= 15 is 0 Å². The van der Waals surface area contributed by atoms with Crippen LogP contribution in [0, 0.1) is 0 Å². The van der Waals surface area contributed by atoms with Gasteiger partial charge in [-0.3, -0.25) is 4.79 Å². The van der Waals surface area contributed by atoms with Gasteiger partial charge in [-0.15, -0.1) is 0 Å². The molecule has 0 fully saturated rings. The third-order valence-electron chi connectivity index (χ3n) is 2.71. The molecule has 0 aliphatic rings. The van der Waals surface area contributed by atoms with Crippen LogP contribution in [0.25, 0.3) is 5.57 Å². The number of hydrogen-bond donors (Lipinski definition) is 0. The fourth-order valence-electron chi connectivity index (χ4n) is 1.71. The predicted molar refractivity (Wildman–Crippen MR) is 78.3 cm³/mol. The van der Waals surface area contributed by atoms with Crippen molar-refractivity contribution in [1.82, 2.24) is 0 Å². The lowest BCUT2D eigenvalue weighted by Gasteiger charge is -2.01. The summed E-state index contributed by atoms with van der Waals surface area (Å²) in [5.41, 5.74) is 2.89. The molecule has 2 rings (SSSR count). The van der Waals surface area contributed by atoms with Crippen LogP contribution >= 0.6 is 15.9 Å². The molecule has 0 radical (unpaired) electrons. The first-order valence-corrected chi connectivity index (χ1v) is 6.54. The van der Waals surface area contributed by atoms with Crippen LogP contribution in [0.4, 0.5) is 0 Å². The van der Waals surface area contributed by atoms with E-state index in [2.05, 4.69) is 15.9 Å². The van der Waals surface area contributed by atoms with Crippen molar-refractivity contribution in [2.45, 2.75) is 6.42 Å². The number of benzene rings is 2. The second kappa shape index (κ2) is 6.31. The van der Waals surface area contributed by atoms with Gasteiger partial charge < -0.3 is 0 Å². The number of carbonyl (C=O) groups is 1. The lowest BCUT2D eigenvalue weighted by atomic mass is 10.0. The maximum absolute atomic E-state index is 11.1. The minimum atomic E-state index is 0.735. The van der Waals surface area contributed by atoms with Crippen molar-refractivity contribution >= 4 is 27.8 Å². The Kier molecular flexibility index (Phi) is 4.48. The highest BCUT2D eigenvalue weighted by Gasteiger charge is 1.99. The first-order valence-electron chi connectivity index (χ1n) is 5.75. The fraction of sp³-hybridized carbons (Fsp3) is 0.0625. The molecule has 0 atom stereocenters. The summed E-state index contributed by atoms with van der Waals surface area (Å²) in [4.78, 5) is 11.1. The molecule has 0 unspecified atom stereocenters. The number of aldehydes is 1. The number of hydrogen-bond acceptors (Lipinski definition) is 1. The van der Waals surface area contributed by atoms with Crippen LogP contribution in [-0.2, 0) is 11.2 Å². The van der Waals surface area contributed by atoms with Crippen LogP contribution in [-0.4, -0.2) is 6.29 Å². The highest BCUT2D eigenvalue weighted by Crippen LogP contribution is 2.15. The van der Waals surface area contributed by atoms with Crippen LogP contribution in [0.3, 0.4) is 0 Å². The van der Waals surface area contributed by atoms with Gasteiger partial charge in [0.15, 0.2) is 0 Å². The van der Waals surface area contributed by atoms with E-state index in [0.717, 1.165) is 28.3 Å². The molecule has 0 aromatic heterocycles. The molecular weight excluding hydrogens is 288 g/mol. The molecule has 0 aliphatic carbocycles. The molecule has 0 N–H and O–H groups in total. The number of rotatable bonds is 4. The second-order valence-electron chi connectivity index (χ2n) is 3.97. The summed E-state index contributed by atoms with van der Waals surface area (Å²) in [7, 11) is 0. The zero-order valence-electron chi connectivity index (χ0n) is 9.84. The van der Waals surface area contributed by atoms with Crippen molar-refractivity contribution < 1.29 is 4.79 Å². The monoisotopic (exact) mass is 300 g/mol. The molecule has 2 heteroatoms. The van der Waals surface area contributed by atoms with Crippen LogP contribution in [0.1, 0.15) is 11.1 Å². The third-order valence-corrected chi connectivity index (χ3v) is 3.23. The average Bonchev–Trinajstić information content (AvgIpc) is 2.43. The number of carbonyl (C=O) groups excluding carboxylic acids is 1. The Morgan fingerprint density at radius 1 is 1.00 bits per heavy atom. The van der Waals surface area contributed by atoms with Crippen molar-refractivity contribution in [3.8, 4) is 0 Å².